The summed E-state index contributed by atoms with van der Waals surface area (Å²) < 4.78 is 4.17. The first-order valence-corrected chi connectivity index (χ1v) is 13.6. The van der Waals surface area contributed by atoms with Gasteiger partial charge >= 0.3 is 144 Å². The zero-order chi connectivity index (χ0) is 14.4. The molecule has 4 rings (SSSR count). The van der Waals surface area contributed by atoms with Crippen LogP contribution in [0.15, 0.2) is 56.6 Å². The molecule has 0 atom stereocenters. The van der Waals surface area contributed by atoms with E-state index < -0.39 is 19.7 Å². The second-order valence-electron chi connectivity index (χ2n) is 5.31. The molecule has 2 aromatic rings. The summed E-state index contributed by atoms with van der Waals surface area (Å²) in [4.78, 5) is 4.29. The van der Waals surface area contributed by atoms with Crippen molar-refractivity contribution in [3.63, 3.8) is 0 Å². The number of rotatable bonds is 2. The Hall–Kier alpha value is 0.0131. The van der Waals surface area contributed by atoms with E-state index in [9.17, 15) is 0 Å². The van der Waals surface area contributed by atoms with E-state index in [1.165, 1.54) is 33.3 Å². The van der Waals surface area contributed by atoms with Gasteiger partial charge in [-0.05, 0) is 0 Å². The molecule has 1 nitrogen and oxygen atoms in total. The maximum absolute atomic E-state index is 6.05. The van der Waals surface area contributed by atoms with Crippen LogP contribution in [-0.4, -0.2) is 4.98 Å². The first-order valence-electron chi connectivity index (χ1n) is 6.91. The number of allylic oxidation sites excluding steroid dienone is 4. The van der Waals surface area contributed by atoms with Crippen LogP contribution >= 0.6 is 24.8 Å². The summed E-state index contributed by atoms with van der Waals surface area (Å²) in [6.07, 6.45) is 12.6. The van der Waals surface area contributed by atoms with Crippen molar-refractivity contribution in [1.82, 2.24) is 4.98 Å². The van der Waals surface area contributed by atoms with Crippen molar-refractivity contribution in [3.8, 4) is 11.1 Å². The van der Waals surface area contributed by atoms with Gasteiger partial charge in [0.1, 0.15) is 0 Å². The third-order valence-corrected chi connectivity index (χ3v) is 13.3. The van der Waals surface area contributed by atoms with Crippen LogP contribution in [-0.2, 0) is 26.1 Å². The van der Waals surface area contributed by atoms with Gasteiger partial charge in [0.05, 0.1) is 0 Å². The van der Waals surface area contributed by atoms with Crippen molar-refractivity contribution < 1.29 is 44.5 Å². The SMILES string of the molecule is [Cl-].[Cl-].[S]=[Zr+2]([C]1=CC=CC1)[c]1c(Br)ccc2c1Cc1ccncc1-2. The third kappa shape index (κ3) is 3.39. The van der Waals surface area contributed by atoms with Crippen molar-refractivity contribution in [2.75, 3.05) is 0 Å². The average molecular weight is 504 g/mol. The summed E-state index contributed by atoms with van der Waals surface area (Å²) in [5.74, 6) is 0. The van der Waals surface area contributed by atoms with E-state index in [-0.39, 0.29) is 24.8 Å². The molecule has 0 saturated heterocycles. The molecule has 0 spiro atoms. The van der Waals surface area contributed by atoms with Gasteiger partial charge in [-0.3, -0.25) is 0 Å². The van der Waals surface area contributed by atoms with Crippen molar-refractivity contribution in [2.24, 2.45) is 0 Å². The number of nitrogens with zero attached hydrogens (tertiary/aromatic N) is 1. The fourth-order valence-electron chi connectivity index (χ4n) is 3.09. The minimum atomic E-state index is -2.16. The number of fused-ring (bicyclic) bond motifs is 3. The van der Waals surface area contributed by atoms with Crippen LogP contribution < -0.4 is 28.1 Å². The normalized spacial score (nSPS) is 13.1. The van der Waals surface area contributed by atoms with Crippen LogP contribution in [0, 0.1) is 0 Å². The van der Waals surface area contributed by atoms with Gasteiger partial charge in [-0.15, -0.1) is 0 Å². The fraction of sp³-hybridized carbons (Fsp3) is 0.118. The number of halogens is 3. The van der Waals surface area contributed by atoms with E-state index in [0.717, 1.165) is 12.8 Å². The Kier molecular flexibility index (Phi) is 6.67. The molecule has 1 heterocycles. The van der Waals surface area contributed by atoms with Gasteiger partial charge in [-0.25, -0.2) is 0 Å². The molecule has 0 aliphatic heterocycles. The number of aromatic nitrogens is 1. The molecule has 0 fully saturated rings. The molecule has 116 valence electrons. The molecule has 6 heteroatoms. The second kappa shape index (κ2) is 7.93. The van der Waals surface area contributed by atoms with Crippen LogP contribution in [0.3, 0.4) is 0 Å². The summed E-state index contributed by atoms with van der Waals surface area (Å²) >= 11 is 1.60. The number of benzene rings is 1. The average Bonchev–Trinajstić information content (AvgIpc) is 3.14. The van der Waals surface area contributed by atoms with Crippen molar-refractivity contribution in [3.05, 3.63) is 67.7 Å². The predicted molar refractivity (Wildman–Crippen MR) is 89.2 cm³/mol. The van der Waals surface area contributed by atoms with Crippen molar-refractivity contribution in [2.45, 2.75) is 12.8 Å². The van der Waals surface area contributed by atoms with E-state index in [0.29, 0.717) is 0 Å². The standard InChI is InChI=1S/C12H7BrN.C5H5.2ClH.S.Zr/c13-10-1-2-11-9(6-10)5-8-3-4-14-7-12(8)11;1-2-4-5-3-1;;;;/h1-4,7H,5H2;1-3H,4H2;2*1H;;/q;;;;;+2/p-2. The Morgan fingerprint density at radius 2 is 1.96 bits per heavy atom. The van der Waals surface area contributed by atoms with Crippen molar-refractivity contribution in [1.29, 1.82) is 0 Å². The van der Waals surface area contributed by atoms with Gasteiger partial charge in [0, 0.05) is 0 Å². The van der Waals surface area contributed by atoms with Gasteiger partial charge in [0.2, 0.25) is 0 Å². The third-order valence-electron chi connectivity index (χ3n) is 4.12. The van der Waals surface area contributed by atoms with E-state index >= 15 is 0 Å². The summed E-state index contributed by atoms with van der Waals surface area (Å²) in [6.45, 7) is 0. The molecule has 0 unspecified atom stereocenters. The van der Waals surface area contributed by atoms with Gasteiger partial charge < -0.3 is 24.8 Å². The fourth-order valence-corrected chi connectivity index (χ4v) is 11.8. The Labute approximate surface area is 167 Å². The van der Waals surface area contributed by atoms with Crippen LogP contribution in [0.1, 0.15) is 17.5 Å². The molecule has 0 amide bonds. The van der Waals surface area contributed by atoms with Crippen LogP contribution in [0.4, 0.5) is 0 Å². The zero-order valence-electron chi connectivity index (χ0n) is 12.0. The summed E-state index contributed by atoms with van der Waals surface area (Å²) in [7, 11) is 6.05. The molecule has 0 N–H and O–H groups in total. The second-order valence-corrected chi connectivity index (χ2v) is 13.0. The molecule has 0 radical (unpaired) electrons. The van der Waals surface area contributed by atoms with Gasteiger partial charge in [0.25, 0.3) is 0 Å². The molecular weight excluding hydrogens is 492 g/mol. The number of hydrogen-bond donors (Lipinski definition) is 0. The molecule has 23 heavy (non-hydrogen) atoms. The van der Waals surface area contributed by atoms with Crippen molar-refractivity contribution >= 4 is 28.1 Å². The predicted octanol–water partition coefficient (Wildman–Crippen LogP) is -1.38. The zero-order valence-corrected chi connectivity index (χ0v) is 18.4. The Bertz CT molecular complexity index is 848. The molecule has 0 saturated carbocycles. The van der Waals surface area contributed by atoms with E-state index in [2.05, 4.69) is 57.3 Å². The topological polar surface area (TPSA) is 12.9 Å². The molecule has 1 aromatic carbocycles. The van der Waals surface area contributed by atoms with Crippen LogP contribution in [0.5, 0.6) is 0 Å². The monoisotopic (exact) mass is 501 g/mol. The first kappa shape index (κ1) is 19.3. The number of pyridine rings is 1. The summed E-state index contributed by atoms with van der Waals surface area (Å²) in [5.41, 5.74) is 5.45. The summed E-state index contributed by atoms with van der Waals surface area (Å²) in [5, 5.41) is 0. The molecule has 2 aliphatic rings. The Morgan fingerprint density at radius 3 is 2.70 bits per heavy atom. The van der Waals surface area contributed by atoms with E-state index in [1.54, 1.807) is 0 Å². The Morgan fingerprint density at radius 1 is 1.13 bits per heavy atom. The van der Waals surface area contributed by atoms with E-state index in [1.807, 2.05) is 12.4 Å². The molecule has 0 bridgehead atoms. The van der Waals surface area contributed by atoms with Gasteiger partial charge in [-0.2, -0.15) is 0 Å². The summed E-state index contributed by atoms with van der Waals surface area (Å²) in [6, 6.07) is 6.52. The molecule has 2 aliphatic carbocycles. The quantitative estimate of drug-likeness (QED) is 0.427. The molecule has 1 aromatic heterocycles. The minimum absolute atomic E-state index is 0. The molecular formula is C17H12BrCl2NSZr. The number of hydrogen-bond acceptors (Lipinski definition) is 2. The van der Waals surface area contributed by atoms with E-state index in [4.69, 9.17) is 8.86 Å². The van der Waals surface area contributed by atoms with Gasteiger partial charge in [0.15, 0.2) is 0 Å². The Balaban J connectivity index is 0.000000960. The van der Waals surface area contributed by atoms with Gasteiger partial charge in [-0.1, -0.05) is 0 Å². The maximum atomic E-state index is 6.05. The van der Waals surface area contributed by atoms with Crippen LogP contribution in [0.25, 0.3) is 11.1 Å². The first-order chi connectivity index (χ1) is 10.3. The van der Waals surface area contributed by atoms with Crippen LogP contribution in [0.2, 0.25) is 0 Å².